The molecule has 0 aliphatic heterocycles. The van der Waals surface area contributed by atoms with Crippen molar-refractivity contribution in [3.63, 3.8) is 0 Å². The molecule has 3 rings (SSSR count). The van der Waals surface area contributed by atoms with E-state index < -0.39 is 0 Å². The third kappa shape index (κ3) is 1.79. The van der Waals surface area contributed by atoms with Crippen LogP contribution in [0, 0.1) is 6.07 Å². The van der Waals surface area contributed by atoms with Crippen molar-refractivity contribution in [2.75, 3.05) is 0 Å². The van der Waals surface area contributed by atoms with Gasteiger partial charge in [0.15, 0.2) is 0 Å². The van der Waals surface area contributed by atoms with Gasteiger partial charge >= 0.3 is 0 Å². The molecular weight excluding hydrogens is 284 g/mol. The zero-order valence-corrected chi connectivity index (χ0v) is 10.2. The van der Waals surface area contributed by atoms with E-state index in [4.69, 9.17) is 0 Å². The predicted octanol–water partition coefficient (Wildman–Crippen LogP) is 2.29. The molecule has 0 bridgehead atoms. The molecule has 0 saturated carbocycles. The first kappa shape index (κ1) is 11.0. The van der Waals surface area contributed by atoms with Crippen molar-refractivity contribution >= 4 is 22.1 Å². The average molecular weight is 291 g/mol. The van der Waals surface area contributed by atoms with Gasteiger partial charge in [-0.25, -0.2) is 0 Å². The van der Waals surface area contributed by atoms with E-state index in [2.05, 4.69) is 16.0 Å². The van der Waals surface area contributed by atoms with Crippen LogP contribution in [-0.4, -0.2) is 15.1 Å². The van der Waals surface area contributed by atoms with Crippen molar-refractivity contribution in [2.24, 2.45) is 0 Å². The number of phenolic OH excluding ortho intramolecular Hbond substituents is 1. The zero-order chi connectivity index (χ0) is 10.3. The zero-order valence-electron chi connectivity index (χ0n) is 8.21. The van der Waals surface area contributed by atoms with Gasteiger partial charge in [0, 0.05) is 27.1 Å². The maximum atomic E-state index is 9.33. The van der Waals surface area contributed by atoms with Crippen LogP contribution in [0.15, 0.2) is 36.4 Å². The fraction of sp³-hybridized carbons (Fsp3) is 0. The van der Waals surface area contributed by atoms with Gasteiger partial charge < -0.3 is 10.1 Å². The minimum Gasteiger partial charge on any atom is -0.508 e. The van der Waals surface area contributed by atoms with Gasteiger partial charge in [0.25, 0.3) is 0 Å². The first-order chi connectivity index (χ1) is 7.33. The van der Waals surface area contributed by atoms with Crippen molar-refractivity contribution in [2.45, 2.75) is 0 Å². The molecule has 0 spiro atoms. The Kier molecular flexibility index (Phi) is 2.88. The van der Waals surface area contributed by atoms with E-state index >= 15 is 0 Å². The van der Waals surface area contributed by atoms with Gasteiger partial charge in [0.05, 0.1) is 11.0 Å². The van der Waals surface area contributed by atoms with E-state index in [9.17, 15) is 5.11 Å². The topological polar surface area (TPSA) is 46.0 Å². The largest absolute Gasteiger partial charge is 0.508 e. The Morgan fingerprint density at radius 3 is 2.56 bits per heavy atom. The molecule has 0 aliphatic rings. The molecule has 1 aromatic heterocycles. The molecule has 0 atom stereocenters. The third-order valence-corrected chi connectivity index (χ3v) is 2.26. The summed E-state index contributed by atoms with van der Waals surface area (Å²) < 4.78 is 0. The van der Waals surface area contributed by atoms with Gasteiger partial charge in [-0.2, -0.15) is 12.1 Å². The smallest absolute Gasteiger partial charge is 0.117 e. The summed E-state index contributed by atoms with van der Waals surface area (Å²) in [6.45, 7) is 0. The monoisotopic (exact) mass is 293 g/mol. The summed E-state index contributed by atoms with van der Waals surface area (Å²) in [6.07, 6.45) is 0. The van der Waals surface area contributed by atoms with Crippen LogP contribution < -0.4 is 0 Å². The normalized spacial score (nSPS) is 10.2. The molecule has 78 valence electrons. The van der Waals surface area contributed by atoms with Crippen molar-refractivity contribution in [3.05, 3.63) is 42.5 Å². The molecule has 0 unspecified atom stereocenters. The molecule has 3 nitrogen and oxygen atoms in total. The molecule has 3 aromatic rings. The first-order valence-electron chi connectivity index (χ1n) is 4.59. The number of nitrogens with zero attached hydrogens (tertiary/aromatic N) is 2. The van der Waals surface area contributed by atoms with Crippen LogP contribution in [0.1, 0.15) is 0 Å². The Bertz CT molecular complexity index is 655. The summed E-state index contributed by atoms with van der Waals surface area (Å²) in [6, 6.07) is 13.4. The van der Waals surface area contributed by atoms with E-state index in [-0.39, 0.29) is 26.8 Å². The number of phenols is 1. The Morgan fingerprint density at radius 2 is 1.69 bits per heavy atom. The molecule has 4 heteroatoms. The first-order valence-corrected chi connectivity index (χ1v) is 4.59. The predicted molar refractivity (Wildman–Crippen MR) is 57.5 cm³/mol. The quantitative estimate of drug-likeness (QED) is 0.393. The van der Waals surface area contributed by atoms with E-state index in [1.807, 2.05) is 6.07 Å². The summed E-state index contributed by atoms with van der Waals surface area (Å²) in [5, 5.41) is 9.33. The standard InChI is InChI=1S/C12H7N2O.Mo/c15-8-5-6-11-12(7-8)14-10-4-2-1-3-9(10)13-11;/h2-7,15H;/q-1;. The van der Waals surface area contributed by atoms with Crippen LogP contribution in [0.3, 0.4) is 0 Å². The summed E-state index contributed by atoms with van der Waals surface area (Å²) in [7, 11) is 0. The Balaban J connectivity index is 0.000000963. The summed E-state index contributed by atoms with van der Waals surface area (Å²) in [5.41, 5.74) is 3.11. The molecule has 16 heavy (non-hydrogen) atoms. The second-order valence-electron chi connectivity index (χ2n) is 3.31. The summed E-state index contributed by atoms with van der Waals surface area (Å²) >= 11 is 0. The van der Waals surface area contributed by atoms with E-state index in [1.54, 1.807) is 30.3 Å². The number of hydrogen-bond acceptors (Lipinski definition) is 3. The molecule has 0 saturated heterocycles. The molecule has 0 fully saturated rings. The summed E-state index contributed by atoms with van der Waals surface area (Å²) in [5.74, 6) is 0.207. The van der Waals surface area contributed by atoms with Crippen LogP contribution in [0.5, 0.6) is 5.75 Å². The maximum Gasteiger partial charge on any atom is 0.117 e. The number of hydrogen-bond donors (Lipinski definition) is 1. The van der Waals surface area contributed by atoms with Crippen LogP contribution >= 0.6 is 0 Å². The number of aromatic hydroxyl groups is 1. The fourth-order valence-corrected chi connectivity index (χ4v) is 1.55. The Labute approximate surface area is 106 Å². The van der Waals surface area contributed by atoms with E-state index in [1.165, 1.54) is 0 Å². The second-order valence-corrected chi connectivity index (χ2v) is 3.31. The molecule has 0 amide bonds. The molecule has 2 aromatic carbocycles. The van der Waals surface area contributed by atoms with E-state index in [0.29, 0.717) is 5.52 Å². The molecule has 1 heterocycles. The van der Waals surface area contributed by atoms with Crippen LogP contribution in [0.25, 0.3) is 22.1 Å². The van der Waals surface area contributed by atoms with Crippen LogP contribution in [0.2, 0.25) is 0 Å². The van der Waals surface area contributed by atoms with Crippen LogP contribution in [0.4, 0.5) is 0 Å². The minimum absolute atomic E-state index is 0. The number of fused-ring (bicyclic) bond motifs is 2. The van der Waals surface area contributed by atoms with Gasteiger partial charge in [-0.05, 0) is 23.2 Å². The molecular formula is C12H7MoN2O-. The number of benzene rings is 2. The van der Waals surface area contributed by atoms with Crippen molar-refractivity contribution in [1.29, 1.82) is 0 Å². The molecule has 1 N–H and O–H groups in total. The SMILES string of the molecule is Oc1ccc2nc3c[c-]ccc3nc2c1.[Mo]. The maximum absolute atomic E-state index is 9.33. The number of rotatable bonds is 0. The molecule has 0 radical (unpaired) electrons. The second kappa shape index (κ2) is 4.18. The van der Waals surface area contributed by atoms with Gasteiger partial charge in [0.1, 0.15) is 5.75 Å². The van der Waals surface area contributed by atoms with Gasteiger partial charge in [-0.1, -0.05) is 0 Å². The van der Waals surface area contributed by atoms with Crippen molar-refractivity contribution in [1.82, 2.24) is 9.97 Å². The van der Waals surface area contributed by atoms with Gasteiger partial charge in [-0.15, -0.1) is 12.1 Å². The minimum atomic E-state index is 0. The van der Waals surface area contributed by atoms with Gasteiger partial charge in [0.2, 0.25) is 0 Å². The van der Waals surface area contributed by atoms with Crippen LogP contribution in [-0.2, 0) is 21.1 Å². The fourth-order valence-electron chi connectivity index (χ4n) is 1.55. The Morgan fingerprint density at radius 1 is 0.938 bits per heavy atom. The average Bonchev–Trinajstić information content (AvgIpc) is 2.26. The Hall–Kier alpha value is -1.47. The number of aromatic nitrogens is 2. The third-order valence-electron chi connectivity index (χ3n) is 2.26. The van der Waals surface area contributed by atoms with Crippen molar-refractivity contribution in [3.8, 4) is 5.75 Å². The molecule has 0 aliphatic carbocycles. The van der Waals surface area contributed by atoms with Crippen molar-refractivity contribution < 1.29 is 26.2 Å². The van der Waals surface area contributed by atoms with E-state index in [0.717, 1.165) is 16.6 Å². The summed E-state index contributed by atoms with van der Waals surface area (Å²) in [4.78, 5) is 8.81. The van der Waals surface area contributed by atoms with Gasteiger partial charge in [-0.3, -0.25) is 4.98 Å².